The lowest BCUT2D eigenvalue weighted by Crippen LogP contribution is -1.83. The molecule has 0 saturated carbocycles. The summed E-state index contributed by atoms with van der Waals surface area (Å²) >= 11 is 3.44. The van der Waals surface area contributed by atoms with Crippen LogP contribution in [0.1, 0.15) is 5.76 Å². The maximum Gasteiger partial charge on any atom is 0.247 e. The normalized spacial score (nSPS) is 11.3. The zero-order valence-electron chi connectivity index (χ0n) is 7.99. The molecule has 2 aromatic heterocycles. The number of benzene rings is 1. The third kappa shape index (κ3) is 1.25. The molecule has 3 nitrogen and oxygen atoms in total. The van der Waals surface area contributed by atoms with E-state index in [0.717, 1.165) is 26.8 Å². The highest BCUT2D eigenvalue weighted by atomic mass is 79.9. The van der Waals surface area contributed by atoms with Gasteiger partial charge in [-0.2, -0.15) is 0 Å². The van der Waals surface area contributed by atoms with Gasteiger partial charge in [0.1, 0.15) is 11.3 Å². The summed E-state index contributed by atoms with van der Waals surface area (Å²) < 4.78 is 6.37. The number of rotatable bonds is 0. The van der Waals surface area contributed by atoms with Crippen molar-refractivity contribution >= 4 is 38.2 Å². The van der Waals surface area contributed by atoms with Crippen LogP contribution in [-0.2, 0) is 0 Å². The van der Waals surface area contributed by atoms with Gasteiger partial charge in [-0.15, -0.1) is 0 Å². The van der Waals surface area contributed by atoms with Crippen LogP contribution in [0.4, 0.5) is 0 Å². The molecule has 0 N–H and O–H groups in total. The topological polar surface area (TPSA) is 38.9 Å². The number of para-hydroxylation sites is 2. The van der Waals surface area contributed by atoms with Gasteiger partial charge >= 0.3 is 0 Å². The molecule has 15 heavy (non-hydrogen) atoms. The molecule has 3 aromatic rings. The fourth-order valence-electron chi connectivity index (χ4n) is 1.55. The molecule has 0 unspecified atom stereocenters. The monoisotopic (exact) mass is 262 g/mol. The lowest BCUT2D eigenvalue weighted by atomic mass is 10.3. The second-order valence-corrected chi connectivity index (χ2v) is 4.13. The Bertz CT molecular complexity index is 660. The Morgan fingerprint density at radius 3 is 2.53 bits per heavy atom. The molecule has 0 aliphatic rings. The van der Waals surface area contributed by atoms with Gasteiger partial charge in [-0.3, -0.25) is 0 Å². The summed E-state index contributed by atoms with van der Waals surface area (Å²) in [6.45, 7) is 1.89. The number of furan rings is 1. The lowest BCUT2D eigenvalue weighted by molar-refractivity contribution is 0.566. The van der Waals surface area contributed by atoms with Crippen molar-refractivity contribution in [2.75, 3.05) is 0 Å². The van der Waals surface area contributed by atoms with Crippen LogP contribution in [0.5, 0.6) is 0 Å². The molecule has 0 aliphatic heterocycles. The van der Waals surface area contributed by atoms with Gasteiger partial charge in [0.15, 0.2) is 0 Å². The van der Waals surface area contributed by atoms with Gasteiger partial charge in [0.25, 0.3) is 0 Å². The van der Waals surface area contributed by atoms with E-state index in [1.165, 1.54) is 0 Å². The van der Waals surface area contributed by atoms with E-state index in [2.05, 4.69) is 25.9 Å². The first-order chi connectivity index (χ1) is 7.25. The van der Waals surface area contributed by atoms with Gasteiger partial charge in [0.05, 0.1) is 15.5 Å². The van der Waals surface area contributed by atoms with E-state index >= 15 is 0 Å². The van der Waals surface area contributed by atoms with E-state index in [1.54, 1.807) is 0 Å². The molecule has 0 saturated heterocycles. The van der Waals surface area contributed by atoms with E-state index in [0.29, 0.717) is 5.71 Å². The van der Waals surface area contributed by atoms with E-state index in [-0.39, 0.29) is 0 Å². The molecule has 1 aromatic carbocycles. The third-order valence-corrected chi connectivity index (χ3v) is 3.24. The van der Waals surface area contributed by atoms with Crippen molar-refractivity contribution in [1.29, 1.82) is 0 Å². The first kappa shape index (κ1) is 8.85. The van der Waals surface area contributed by atoms with Crippen molar-refractivity contribution in [3.8, 4) is 0 Å². The first-order valence-electron chi connectivity index (χ1n) is 4.57. The molecule has 74 valence electrons. The maximum absolute atomic E-state index is 5.49. The highest BCUT2D eigenvalue weighted by molar-refractivity contribution is 9.10. The van der Waals surface area contributed by atoms with E-state index in [9.17, 15) is 0 Å². The number of hydrogen-bond acceptors (Lipinski definition) is 3. The SMILES string of the molecule is Cc1oc2nc3ccccc3nc2c1Br. The van der Waals surface area contributed by atoms with Gasteiger partial charge in [-0.05, 0) is 35.0 Å². The number of fused-ring (bicyclic) bond motifs is 2. The lowest BCUT2D eigenvalue weighted by Gasteiger charge is -1.94. The minimum atomic E-state index is 0.582. The zero-order valence-corrected chi connectivity index (χ0v) is 9.58. The number of aromatic nitrogens is 2. The van der Waals surface area contributed by atoms with Crippen LogP contribution < -0.4 is 0 Å². The molecule has 0 spiro atoms. The van der Waals surface area contributed by atoms with Crippen LogP contribution in [-0.4, -0.2) is 9.97 Å². The summed E-state index contributed by atoms with van der Waals surface area (Å²) in [5.74, 6) is 0.806. The second kappa shape index (κ2) is 3.03. The minimum Gasteiger partial charge on any atom is -0.441 e. The van der Waals surface area contributed by atoms with E-state index < -0.39 is 0 Å². The Morgan fingerprint density at radius 2 is 1.80 bits per heavy atom. The van der Waals surface area contributed by atoms with E-state index in [1.807, 2.05) is 31.2 Å². The van der Waals surface area contributed by atoms with Crippen LogP contribution in [0.15, 0.2) is 33.2 Å². The highest BCUT2D eigenvalue weighted by Gasteiger charge is 2.11. The molecule has 0 bridgehead atoms. The average molecular weight is 263 g/mol. The van der Waals surface area contributed by atoms with Crippen molar-refractivity contribution in [1.82, 2.24) is 9.97 Å². The van der Waals surface area contributed by atoms with Crippen LogP contribution >= 0.6 is 15.9 Å². The molecule has 0 atom stereocenters. The van der Waals surface area contributed by atoms with Crippen LogP contribution in [0.2, 0.25) is 0 Å². The Balaban J connectivity index is 2.53. The molecule has 0 radical (unpaired) electrons. The van der Waals surface area contributed by atoms with Gasteiger partial charge in [0, 0.05) is 0 Å². The van der Waals surface area contributed by atoms with Crippen molar-refractivity contribution in [2.24, 2.45) is 0 Å². The fraction of sp³-hybridized carbons (Fsp3) is 0.0909. The molecular weight excluding hydrogens is 256 g/mol. The number of hydrogen-bond donors (Lipinski definition) is 0. The number of halogens is 1. The van der Waals surface area contributed by atoms with Gasteiger partial charge in [-0.25, -0.2) is 9.97 Å². The quantitative estimate of drug-likeness (QED) is 0.623. The molecule has 4 heteroatoms. The molecule has 3 rings (SSSR count). The highest BCUT2D eigenvalue weighted by Crippen LogP contribution is 2.28. The standard InChI is InChI=1S/C11H7BrN2O/c1-6-9(12)10-11(15-6)14-8-5-3-2-4-7(8)13-10/h2-5H,1H3. The Kier molecular flexibility index (Phi) is 1.79. The van der Waals surface area contributed by atoms with Crippen LogP contribution in [0, 0.1) is 6.92 Å². The van der Waals surface area contributed by atoms with Crippen molar-refractivity contribution in [2.45, 2.75) is 6.92 Å². The fourth-order valence-corrected chi connectivity index (χ4v) is 1.89. The average Bonchev–Trinajstić information content (AvgIpc) is 2.52. The van der Waals surface area contributed by atoms with Crippen molar-refractivity contribution < 1.29 is 4.42 Å². The molecule has 0 fully saturated rings. The number of aryl methyl sites for hydroxylation is 1. The Morgan fingerprint density at radius 1 is 1.13 bits per heavy atom. The third-order valence-electron chi connectivity index (χ3n) is 2.31. The van der Waals surface area contributed by atoms with Crippen molar-refractivity contribution in [3.63, 3.8) is 0 Å². The molecule has 0 amide bonds. The Labute approximate surface area is 94.3 Å². The summed E-state index contributed by atoms with van der Waals surface area (Å²) in [6.07, 6.45) is 0. The van der Waals surface area contributed by atoms with E-state index in [4.69, 9.17) is 4.42 Å². The van der Waals surface area contributed by atoms with Crippen LogP contribution in [0.25, 0.3) is 22.3 Å². The van der Waals surface area contributed by atoms with Crippen LogP contribution in [0.3, 0.4) is 0 Å². The maximum atomic E-state index is 5.49. The largest absolute Gasteiger partial charge is 0.441 e. The summed E-state index contributed by atoms with van der Waals surface area (Å²) in [4.78, 5) is 8.90. The summed E-state index contributed by atoms with van der Waals surface area (Å²) in [6, 6.07) is 7.75. The van der Waals surface area contributed by atoms with Crippen molar-refractivity contribution in [3.05, 3.63) is 34.5 Å². The van der Waals surface area contributed by atoms with Gasteiger partial charge in [0.2, 0.25) is 5.71 Å². The molecule has 0 aliphatic carbocycles. The minimum absolute atomic E-state index is 0.582. The number of nitrogens with zero attached hydrogens (tertiary/aromatic N) is 2. The molecule has 2 heterocycles. The molecular formula is C11H7BrN2O. The summed E-state index contributed by atoms with van der Waals surface area (Å²) in [7, 11) is 0. The van der Waals surface area contributed by atoms with Gasteiger partial charge < -0.3 is 4.42 Å². The first-order valence-corrected chi connectivity index (χ1v) is 5.36. The predicted molar refractivity (Wildman–Crippen MR) is 61.7 cm³/mol. The summed E-state index contributed by atoms with van der Waals surface area (Å²) in [5.41, 5.74) is 3.10. The second-order valence-electron chi connectivity index (χ2n) is 3.34. The smallest absolute Gasteiger partial charge is 0.247 e. The predicted octanol–water partition coefficient (Wildman–Crippen LogP) is 3.45. The van der Waals surface area contributed by atoms with Gasteiger partial charge in [-0.1, -0.05) is 12.1 Å². The zero-order chi connectivity index (χ0) is 10.4. The summed E-state index contributed by atoms with van der Waals surface area (Å²) in [5, 5.41) is 0. The Hall–Kier alpha value is -1.42.